The Morgan fingerprint density at radius 3 is 3.00 bits per heavy atom. The van der Waals surface area contributed by atoms with Crippen LogP contribution in [0.1, 0.15) is 13.3 Å². The summed E-state index contributed by atoms with van der Waals surface area (Å²) in [6.45, 7) is 4.83. The second-order valence-electron chi connectivity index (χ2n) is 4.19. The summed E-state index contributed by atoms with van der Waals surface area (Å²) < 4.78 is 0.672. The fourth-order valence-electron chi connectivity index (χ4n) is 2.22. The van der Waals surface area contributed by atoms with Crippen molar-refractivity contribution in [1.29, 1.82) is 0 Å². The molecule has 6 nitrogen and oxygen atoms in total. The number of pyridine rings is 1. The summed E-state index contributed by atoms with van der Waals surface area (Å²) in [5, 5.41) is 14.0. The predicted molar refractivity (Wildman–Crippen MR) is 72.9 cm³/mol. The van der Waals surface area contributed by atoms with Gasteiger partial charge in [0, 0.05) is 25.2 Å². The molecule has 18 heavy (non-hydrogen) atoms. The molecular weight excluding hydrogens is 300 g/mol. The normalized spacial score (nSPS) is 18.9. The van der Waals surface area contributed by atoms with E-state index in [0.29, 0.717) is 10.5 Å². The van der Waals surface area contributed by atoms with E-state index in [1.165, 1.54) is 12.3 Å². The van der Waals surface area contributed by atoms with Gasteiger partial charge in [0.15, 0.2) is 0 Å². The largest absolute Gasteiger partial charge is 0.352 e. The average Bonchev–Trinajstić information content (AvgIpc) is 2.85. The van der Waals surface area contributed by atoms with Crippen molar-refractivity contribution in [3.05, 3.63) is 26.9 Å². The zero-order chi connectivity index (χ0) is 13.1. The van der Waals surface area contributed by atoms with Gasteiger partial charge in [0.05, 0.1) is 9.40 Å². The maximum Gasteiger partial charge on any atom is 0.288 e. The maximum absolute atomic E-state index is 10.7. The van der Waals surface area contributed by atoms with E-state index in [4.69, 9.17) is 0 Å². The number of nitrogens with zero attached hydrogens (tertiary/aromatic N) is 3. The van der Waals surface area contributed by atoms with Crippen molar-refractivity contribution < 1.29 is 4.92 Å². The fourth-order valence-corrected chi connectivity index (χ4v) is 2.78. The molecule has 1 N–H and O–H groups in total. The summed E-state index contributed by atoms with van der Waals surface area (Å²) in [7, 11) is 0. The minimum absolute atomic E-state index is 0.00576. The Balaban J connectivity index is 2.27. The Hall–Kier alpha value is -1.21. The van der Waals surface area contributed by atoms with Crippen LogP contribution in [-0.4, -0.2) is 35.6 Å². The van der Waals surface area contributed by atoms with Crippen molar-refractivity contribution in [1.82, 2.24) is 10.3 Å². The lowest BCUT2D eigenvalue weighted by atomic mass is 10.2. The topological polar surface area (TPSA) is 71.3 Å². The second-order valence-corrected chi connectivity index (χ2v) is 5.04. The molecule has 0 amide bonds. The first-order chi connectivity index (χ1) is 8.63. The summed E-state index contributed by atoms with van der Waals surface area (Å²) in [6.07, 6.45) is 2.38. The van der Waals surface area contributed by atoms with Crippen molar-refractivity contribution in [2.45, 2.75) is 19.4 Å². The smallest absolute Gasteiger partial charge is 0.288 e. The highest BCUT2D eigenvalue weighted by atomic mass is 79.9. The summed E-state index contributed by atoms with van der Waals surface area (Å²) in [6, 6.07) is 1.91. The van der Waals surface area contributed by atoms with E-state index < -0.39 is 4.92 Å². The number of hydrogen-bond donors (Lipinski definition) is 1. The number of aromatic nitrogens is 1. The van der Waals surface area contributed by atoms with Crippen LogP contribution in [0.2, 0.25) is 0 Å². The van der Waals surface area contributed by atoms with Crippen LogP contribution in [0.3, 0.4) is 0 Å². The molecule has 0 aromatic carbocycles. The number of anilines is 1. The van der Waals surface area contributed by atoms with Crippen LogP contribution in [0, 0.1) is 10.1 Å². The number of nitrogens with one attached hydrogen (secondary N) is 1. The molecule has 1 aromatic rings. The van der Waals surface area contributed by atoms with Gasteiger partial charge in [-0.1, -0.05) is 0 Å². The number of hydrogen-bond acceptors (Lipinski definition) is 5. The van der Waals surface area contributed by atoms with Crippen LogP contribution in [0.4, 0.5) is 11.5 Å². The summed E-state index contributed by atoms with van der Waals surface area (Å²) in [5.74, 6) is 0.775. The van der Waals surface area contributed by atoms with E-state index in [1.54, 1.807) is 0 Å². The Morgan fingerprint density at radius 1 is 1.72 bits per heavy atom. The summed E-state index contributed by atoms with van der Waals surface area (Å²) >= 11 is 3.37. The Kier molecular flexibility index (Phi) is 4.13. The zero-order valence-corrected chi connectivity index (χ0v) is 11.7. The van der Waals surface area contributed by atoms with Crippen molar-refractivity contribution in [3.63, 3.8) is 0 Å². The fraction of sp³-hybridized carbons (Fsp3) is 0.545. The van der Waals surface area contributed by atoms with E-state index in [1.807, 2.05) is 0 Å². The predicted octanol–water partition coefficient (Wildman–Crippen LogP) is 1.94. The lowest BCUT2D eigenvalue weighted by Crippen LogP contribution is -2.37. The van der Waals surface area contributed by atoms with Crippen LogP contribution >= 0.6 is 15.9 Å². The van der Waals surface area contributed by atoms with Crippen LogP contribution in [-0.2, 0) is 0 Å². The van der Waals surface area contributed by atoms with Gasteiger partial charge >= 0.3 is 0 Å². The Bertz CT molecular complexity index is 449. The van der Waals surface area contributed by atoms with E-state index in [-0.39, 0.29) is 5.69 Å². The third-order valence-electron chi connectivity index (χ3n) is 3.11. The molecule has 1 unspecified atom stereocenters. The van der Waals surface area contributed by atoms with Crippen molar-refractivity contribution >= 4 is 27.4 Å². The van der Waals surface area contributed by atoms with Crippen LogP contribution in [0.15, 0.2) is 16.7 Å². The maximum atomic E-state index is 10.7. The third kappa shape index (κ3) is 2.62. The first-order valence-corrected chi connectivity index (χ1v) is 6.70. The highest BCUT2D eigenvalue weighted by Gasteiger charge is 2.24. The van der Waals surface area contributed by atoms with E-state index in [9.17, 15) is 10.1 Å². The van der Waals surface area contributed by atoms with Gasteiger partial charge in [-0.05, 0) is 35.8 Å². The van der Waals surface area contributed by atoms with Gasteiger partial charge in [-0.15, -0.1) is 0 Å². The Labute approximate surface area is 114 Å². The lowest BCUT2D eigenvalue weighted by molar-refractivity contribution is -0.385. The molecule has 0 radical (unpaired) electrons. The number of halogens is 1. The molecule has 2 rings (SSSR count). The lowest BCUT2D eigenvalue weighted by Gasteiger charge is -2.28. The van der Waals surface area contributed by atoms with Crippen molar-refractivity contribution in [2.24, 2.45) is 0 Å². The molecule has 0 spiro atoms. The molecule has 1 aliphatic rings. The molecule has 1 aliphatic heterocycles. The second kappa shape index (κ2) is 5.62. The molecule has 1 aromatic heterocycles. The molecule has 1 fully saturated rings. The SMILES string of the molecule is CCN(c1ncc([N+](=O)[O-])cc1Br)C1CCNC1. The van der Waals surface area contributed by atoms with Gasteiger partial charge in [0.1, 0.15) is 12.0 Å². The number of likely N-dealkylation sites (N-methyl/N-ethyl adjacent to an activating group) is 1. The van der Waals surface area contributed by atoms with Gasteiger partial charge in [-0.3, -0.25) is 10.1 Å². The van der Waals surface area contributed by atoms with E-state index in [0.717, 1.165) is 31.9 Å². The van der Waals surface area contributed by atoms with Crippen LogP contribution in [0.25, 0.3) is 0 Å². The molecule has 2 heterocycles. The van der Waals surface area contributed by atoms with Crippen LogP contribution in [0.5, 0.6) is 0 Å². The summed E-state index contributed by atoms with van der Waals surface area (Å²) in [4.78, 5) is 16.6. The quantitative estimate of drug-likeness (QED) is 0.679. The van der Waals surface area contributed by atoms with Crippen LogP contribution < -0.4 is 10.2 Å². The monoisotopic (exact) mass is 314 g/mol. The average molecular weight is 315 g/mol. The molecule has 0 saturated carbocycles. The van der Waals surface area contributed by atoms with Gasteiger partial charge in [0.25, 0.3) is 5.69 Å². The van der Waals surface area contributed by atoms with Gasteiger partial charge in [-0.2, -0.15) is 0 Å². The first kappa shape index (κ1) is 13.2. The molecule has 1 saturated heterocycles. The molecule has 7 heteroatoms. The number of rotatable bonds is 4. The molecule has 98 valence electrons. The highest BCUT2D eigenvalue weighted by Crippen LogP contribution is 2.29. The zero-order valence-electron chi connectivity index (χ0n) is 10.1. The van der Waals surface area contributed by atoms with Crippen molar-refractivity contribution in [3.8, 4) is 0 Å². The molecule has 0 bridgehead atoms. The molecule has 0 aliphatic carbocycles. The van der Waals surface area contributed by atoms with Gasteiger partial charge in [0.2, 0.25) is 0 Å². The minimum atomic E-state index is -0.436. The first-order valence-electron chi connectivity index (χ1n) is 5.90. The molecule has 1 atom stereocenters. The van der Waals surface area contributed by atoms with Gasteiger partial charge < -0.3 is 10.2 Å². The standard InChI is InChI=1S/C11H15BrN4O2/c1-2-15(8-3-4-13-6-8)11-10(12)5-9(7-14-11)16(17)18/h5,7-8,13H,2-4,6H2,1H3. The highest BCUT2D eigenvalue weighted by molar-refractivity contribution is 9.10. The third-order valence-corrected chi connectivity index (χ3v) is 3.69. The number of nitro groups is 1. The minimum Gasteiger partial charge on any atom is -0.352 e. The Morgan fingerprint density at radius 2 is 2.50 bits per heavy atom. The van der Waals surface area contributed by atoms with E-state index in [2.05, 4.69) is 38.1 Å². The molecular formula is C11H15BrN4O2. The summed E-state index contributed by atoms with van der Waals surface area (Å²) in [5.41, 5.74) is 0.00576. The van der Waals surface area contributed by atoms with E-state index >= 15 is 0 Å². The van der Waals surface area contributed by atoms with Gasteiger partial charge in [-0.25, -0.2) is 4.98 Å². The van der Waals surface area contributed by atoms with Crippen molar-refractivity contribution in [2.75, 3.05) is 24.5 Å².